The summed E-state index contributed by atoms with van der Waals surface area (Å²) in [5.41, 5.74) is 2.95. The molecule has 0 saturated heterocycles. The molecule has 1 aliphatic carbocycles. The number of hydrogen-bond donors (Lipinski definition) is 0. The lowest BCUT2D eigenvalue weighted by molar-refractivity contribution is 0.996. The molecule has 0 N–H and O–H groups in total. The van der Waals surface area contributed by atoms with Gasteiger partial charge in [0.1, 0.15) is 0 Å². The summed E-state index contributed by atoms with van der Waals surface area (Å²) >= 11 is 0. The van der Waals surface area contributed by atoms with Crippen molar-refractivity contribution in [1.82, 2.24) is 0 Å². The highest BCUT2D eigenvalue weighted by Crippen LogP contribution is 2.48. The van der Waals surface area contributed by atoms with Gasteiger partial charge in [-0.1, -0.05) is 42.0 Å². The zero-order chi connectivity index (χ0) is 9.26. The van der Waals surface area contributed by atoms with Gasteiger partial charge in [0.2, 0.25) is 0 Å². The van der Waals surface area contributed by atoms with Gasteiger partial charge in [-0.25, -0.2) is 0 Å². The Hall–Kier alpha value is -1.04. The van der Waals surface area contributed by atoms with E-state index < -0.39 is 0 Å². The Morgan fingerprint density at radius 1 is 1.23 bits per heavy atom. The summed E-state index contributed by atoms with van der Waals surface area (Å²) in [6.07, 6.45) is 3.74. The smallest absolute Gasteiger partial charge is 0.00929 e. The van der Waals surface area contributed by atoms with Gasteiger partial charge in [0.25, 0.3) is 0 Å². The predicted molar refractivity (Wildman–Crippen MR) is 56.7 cm³/mol. The summed E-state index contributed by atoms with van der Waals surface area (Å²) in [5, 5.41) is 0. The highest BCUT2D eigenvalue weighted by atomic mass is 14.4. The van der Waals surface area contributed by atoms with E-state index in [1.165, 1.54) is 17.6 Å². The van der Waals surface area contributed by atoms with Crippen LogP contribution in [0.3, 0.4) is 0 Å². The molecule has 0 unspecified atom stereocenters. The van der Waals surface area contributed by atoms with Crippen molar-refractivity contribution in [2.75, 3.05) is 0 Å². The fourth-order valence-electron chi connectivity index (χ4n) is 1.91. The molecule has 13 heavy (non-hydrogen) atoms. The molecule has 0 aliphatic heterocycles. The molecular formula is C13H16. The van der Waals surface area contributed by atoms with E-state index in [4.69, 9.17) is 0 Å². The summed E-state index contributed by atoms with van der Waals surface area (Å²) < 4.78 is 0. The van der Waals surface area contributed by atoms with Gasteiger partial charge in [-0.15, -0.1) is 0 Å². The van der Waals surface area contributed by atoms with Gasteiger partial charge in [-0.2, -0.15) is 0 Å². The SMILES string of the molecule is CC(C)=C[C@@H]1C[C@H]1c1ccccc1. The number of rotatable bonds is 2. The van der Waals surface area contributed by atoms with E-state index in [1.54, 1.807) is 0 Å². The van der Waals surface area contributed by atoms with Crippen LogP contribution in [0.15, 0.2) is 42.0 Å². The summed E-state index contributed by atoms with van der Waals surface area (Å²) in [5.74, 6) is 1.61. The molecule has 1 aliphatic rings. The molecule has 68 valence electrons. The molecule has 2 atom stereocenters. The second-order valence-corrected chi connectivity index (χ2v) is 4.16. The molecule has 1 aromatic rings. The van der Waals surface area contributed by atoms with Crippen molar-refractivity contribution in [3.05, 3.63) is 47.5 Å². The van der Waals surface area contributed by atoms with Gasteiger partial charge in [0, 0.05) is 0 Å². The van der Waals surface area contributed by atoms with E-state index in [0.717, 1.165) is 11.8 Å². The van der Waals surface area contributed by atoms with E-state index >= 15 is 0 Å². The fourth-order valence-corrected chi connectivity index (χ4v) is 1.91. The molecule has 0 heterocycles. The maximum Gasteiger partial charge on any atom is -0.00929 e. The lowest BCUT2D eigenvalue weighted by Gasteiger charge is -1.96. The van der Waals surface area contributed by atoms with Crippen LogP contribution in [0.2, 0.25) is 0 Å². The number of allylic oxidation sites excluding steroid dienone is 2. The topological polar surface area (TPSA) is 0 Å². The Kier molecular flexibility index (Phi) is 2.22. The van der Waals surface area contributed by atoms with Crippen molar-refractivity contribution in [2.24, 2.45) is 5.92 Å². The first kappa shape index (κ1) is 8.55. The molecule has 0 nitrogen and oxygen atoms in total. The monoisotopic (exact) mass is 172 g/mol. The highest BCUT2D eigenvalue weighted by molar-refractivity contribution is 5.28. The normalized spacial score (nSPS) is 25.4. The highest BCUT2D eigenvalue weighted by Gasteiger charge is 2.35. The molecule has 1 aromatic carbocycles. The number of hydrogen-bond acceptors (Lipinski definition) is 0. The van der Waals surface area contributed by atoms with Gasteiger partial charge in [0.05, 0.1) is 0 Å². The van der Waals surface area contributed by atoms with Crippen LogP contribution in [0.1, 0.15) is 31.7 Å². The third kappa shape index (κ3) is 2.00. The summed E-state index contributed by atoms with van der Waals surface area (Å²) in [4.78, 5) is 0. The van der Waals surface area contributed by atoms with Crippen LogP contribution in [0.25, 0.3) is 0 Å². The molecular weight excluding hydrogens is 156 g/mol. The molecule has 0 radical (unpaired) electrons. The first-order valence-corrected chi connectivity index (χ1v) is 4.97. The average Bonchev–Trinajstić information content (AvgIpc) is 2.84. The molecule has 0 amide bonds. The lowest BCUT2D eigenvalue weighted by Crippen LogP contribution is -1.80. The Morgan fingerprint density at radius 3 is 2.54 bits per heavy atom. The van der Waals surface area contributed by atoms with E-state index in [2.05, 4.69) is 50.3 Å². The maximum atomic E-state index is 2.40. The van der Waals surface area contributed by atoms with Crippen LogP contribution in [-0.2, 0) is 0 Å². The van der Waals surface area contributed by atoms with Gasteiger partial charge < -0.3 is 0 Å². The fraction of sp³-hybridized carbons (Fsp3) is 0.385. The largest absolute Gasteiger partial charge is 0.0821 e. The van der Waals surface area contributed by atoms with Crippen LogP contribution in [0, 0.1) is 5.92 Å². The van der Waals surface area contributed by atoms with Gasteiger partial charge in [0.15, 0.2) is 0 Å². The Morgan fingerprint density at radius 2 is 1.92 bits per heavy atom. The molecule has 0 bridgehead atoms. The molecule has 2 rings (SSSR count). The van der Waals surface area contributed by atoms with Crippen LogP contribution >= 0.6 is 0 Å². The first-order chi connectivity index (χ1) is 6.27. The summed E-state index contributed by atoms with van der Waals surface area (Å²) in [6, 6.07) is 10.8. The van der Waals surface area contributed by atoms with E-state index in [9.17, 15) is 0 Å². The quantitative estimate of drug-likeness (QED) is 0.596. The zero-order valence-electron chi connectivity index (χ0n) is 8.33. The predicted octanol–water partition coefficient (Wildman–Crippen LogP) is 3.76. The minimum atomic E-state index is 0.802. The van der Waals surface area contributed by atoms with Crippen molar-refractivity contribution in [2.45, 2.75) is 26.2 Å². The van der Waals surface area contributed by atoms with Crippen LogP contribution < -0.4 is 0 Å². The van der Waals surface area contributed by atoms with E-state index in [-0.39, 0.29) is 0 Å². The van der Waals surface area contributed by atoms with Crippen LogP contribution in [0.4, 0.5) is 0 Å². The third-order valence-corrected chi connectivity index (χ3v) is 2.61. The van der Waals surface area contributed by atoms with Crippen LogP contribution in [0.5, 0.6) is 0 Å². The van der Waals surface area contributed by atoms with Gasteiger partial charge in [-0.3, -0.25) is 0 Å². The van der Waals surface area contributed by atoms with E-state index in [1.807, 2.05) is 0 Å². The second-order valence-electron chi connectivity index (χ2n) is 4.16. The minimum absolute atomic E-state index is 0.802. The lowest BCUT2D eigenvalue weighted by atomic mass is 10.1. The molecule has 0 spiro atoms. The third-order valence-electron chi connectivity index (χ3n) is 2.61. The van der Waals surface area contributed by atoms with Crippen molar-refractivity contribution in [3.63, 3.8) is 0 Å². The van der Waals surface area contributed by atoms with Crippen molar-refractivity contribution < 1.29 is 0 Å². The zero-order valence-corrected chi connectivity index (χ0v) is 8.33. The summed E-state index contributed by atoms with van der Waals surface area (Å²) in [6.45, 7) is 4.36. The molecule has 1 fully saturated rings. The van der Waals surface area contributed by atoms with Crippen LogP contribution in [-0.4, -0.2) is 0 Å². The Bertz CT molecular complexity index is 304. The average molecular weight is 172 g/mol. The second kappa shape index (κ2) is 3.37. The van der Waals surface area contributed by atoms with Gasteiger partial charge >= 0.3 is 0 Å². The minimum Gasteiger partial charge on any atom is -0.0821 e. The van der Waals surface area contributed by atoms with Crippen molar-refractivity contribution in [3.8, 4) is 0 Å². The molecule has 0 heteroatoms. The van der Waals surface area contributed by atoms with E-state index in [0.29, 0.717) is 0 Å². The number of benzene rings is 1. The van der Waals surface area contributed by atoms with Crippen molar-refractivity contribution >= 4 is 0 Å². The first-order valence-electron chi connectivity index (χ1n) is 4.97. The summed E-state index contributed by atoms with van der Waals surface area (Å²) in [7, 11) is 0. The Balaban J connectivity index is 2.05. The maximum absolute atomic E-state index is 2.40. The van der Waals surface area contributed by atoms with Crippen molar-refractivity contribution in [1.29, 1.82) is 0 Å². The Labute approximate surface area is 80.3 Å². The standard InChI is InChI=1S/C13H16/c1-10(2)8-12-9-13(12)11-6-4-3-5-7-11/h3-8,12-13H,9H2,1-2H3/t12-,13+/m1/s1. The molecule has 0 aromatic heterocycles. The van der Waals surface area contributed by atoms with Gasteiger partial charge in [-0.05, 0) is 37.7 Å². The molecule has 1 saturated carbocycles.